The van der Waals surface area contributed by atoms with E-state index in [2.05, 4.69) is 20.0 Å². The molecule has 2 fully saturated rings. The van der Waals surface area contributed by atoms with Crippen molar-refractivity contribution in [1.29, 1.82) is 0 Å². The van der Waals surface area contributed by atoms with Gasteiger partial charge in [0.05, 0.1) is 17.6 Å². The highest BCUT2D eigenvalue weighted by atomic mass is 16.2. The number of nitrogens with one attached hydrogen (secondary N) is 1. The summed E-state index contributed by atoms with van der Waals surface area (Å²) in [6, 6.07) is 1.78. The quantitative estimate of drug-likeness (QED) is 0.873. The number of amides is 2. The lowest BCUT2D eigenvalue weighted by Crippen LogP contribution is -2.59. The molecule has 2 aromatic rings. The number of aromatic amines is 1. The van der Waals surface area contributed by atoms with Crippen LogP contribution in [-0.2, 0) is 23.3 Å². The number of aromatic nitrogens is 4. The minimum atomic E-state index is -0.382. The van der Waals surface area contributed by atoms with Gasteiger partial charge in [-0.3, -0.25) is 14.3 Å². The van der Waals surface area contributed by atoms with Crippen molar-refractivity contribution in [2.24, 2.45) is 5.92 Å². The van der Waals surface area contributed by atoms with Crippen LogP contribution in [0.3, 0.4) is 0 Å². The Morgan fingerprint density at radius 3 is 2.71 bits per heavy atom. The number of nitrogens with zero attached hydrogens (tertiary/aromatic N) is 5. The Kier molecular flexibility index (Phi) is 4.03. The molecule has 148 valence electrons. The molecular formula is C20H26N6O2. The van der Waals surface area contributed by atoms with Crippen molar-refractivity contribution < 1.29 is 9.59 Å². The van der Waals surface area contributed by atoms with Crippen molar-refractivity contribution >= 4 is 11.8 Å². The molecule has 2 amide bonds. The Balaban J connectivity index is 1.39. The van der Waals surface area contributed by atoms with Crippen LogP contribution < -0.4 is 0 Å². The average molecular weight is 382 g/mol. The van der Waals surface area contributed by atoms with Crippen molar-refractivity contribution in [2.75, 3.05) is 19.6 Å². The van der Waals surface area contributed by atoms with Gasteiger partial charge in [-0.05, 0) is 38.7 Å². The molecule has 0 radical (unpaired) electrons. The molecule has 0 atom stereocenters. The van der Waals surface area contributed by atoms with Crippen LogP contribution in [-0.4, -0.2) is 61.0 Å². The predicted molar refractivity (Wildman–Crippen MR) is 101 cm³/mol. The number of hydrogen-bond donors (Lipinski definition) is 1. The lowest BCUT2D eigenvalue weighted by molar-refractivity contribution is -0.143. The van der Waals surface area contributed by atoms with Crippen LogP contribution in [0.4, 0.5) is 0 Å². The largest absolute Gasteiger partial charge is 0.348 e. The van der Waals surface area contributed by atoms with E-state index in [0.717, 1.165) is 56.6 Å². The summed E-state index contributed by atoms with van der Waals surface area (Å²) in [7, 11) is 0. The highest BCUT2D eigenvalue weighted by Gasteiger charge is 2.51. The number of imidazole rings is 1. The van der Waals surface area contributed by atoms with E-state index in [1.807, 2.05) is 18.0 Å². The molecule has 0 aromatic carbocycles. The summed E-state index contributed by atoms with van der Waals surface area (Å²) in [6.07, 6.45) is 7.87. The number of fused-ring (bicyclic) bond motifs is 2. The van der Waals surface area contributed by atoms with Crippen molar-refractivity contribution in [3.05, 3.63) is 35.7 Å². The Morgan fingerprint density at radius 2 is 2.04 bits per heavy atom. The maximum Gasteiger partial charge on any atom is 0.274 e. The molecule has 2 aromatic heterocycles. The maximum absolute atomic E-state index is 13.0. The van der Waals surface area contributed by atoms with Crippen LogP contribution in [0.2, 0.25) is 0 Å². The second-order valence-electron chi connectivity index (χ2n) is 8.12. The molecule has 3 aliphatic rings. The minimum Gasteiger partial charge on any atom is -0.348 e. The zero-order valence-electron chi connectivity index (χ0n) is 16.2. The number of H-pyrrole nitrogens is 1. The first-order chi connectivity index (χ1) is 13.6. The van der Waals surface area contributed by atoms with E-state index in [-0.39, 0.29) is 23.3 Å². The summed E-state index contributed by atoms with van der Waals surface area (Å²) in [5.41, 5.74) is 2.26. The van der Waals surface area contributed by atoms with Crippen molar-refractivity contribution in [2.45, 2.75) is 51.1 Å². The fraction of sp³-hybridized carbons (Fsp3) is 0.600. The zero-order chi connectivity index (χ0) is 19.3. The van der Waals surface area contributed by atoms with Crippen molar-refractivity contribution in [3.63, 3.8) is 0 Å². The molecule has 4 heterocycles. The average Bonchev–Trinajstić information content (AvgIpc) is 3.26. The SMILES string of the molecule is CCn1ccc(C(=O)N2CCC3(CC2)c2nc[nH]c2CCN3C(=O)C2CC2)n1. The molecule has 8 heteroatoms. The monoisotopic (exact) mass is 382 g/mol. The van der Waals surface area contributed by atoms with E-state index in [0.29, 0.717) is 18.8 Å². The Hall–Kier alpha value is -2.64. The van der Waals surface area contributed by atoms with Gasteiger partial charge in [0.1, 0.15) is 5.69 Å². The van der Waals surface area contributed by atoms with Gasteiger partial charge in [-0.1, -0.05) is 0 Å². The molecular weight excluding hydrogens is 356 g/mol. The number of rotatable bonds is 3. The predicted octanol–water partition coefficient (Wildman–Crippen LogP) is 1.55. The maximum atomic E-state index is 13.0. The van der Waals surface area contributed by atoms with Crippen molar-refractivity contribution in [1.82, 2.24) is 29.5 Å². The highest BCUT2D eigenvalue weighted by Crippen LogP contribution is 2.45. The molecule has 1 spiro atoms. The molecule has 1 aliphatic carbocycles. The summed E-state index contributed by atoms with van der Waals surface area (Å²) in [4.78, 5) is 37.7. The molecule has 8 nitrogen and oxygen atoms in total. The Labute approximate surface area is 163 Å². The van der Waals surface area contributed by atoms with Gasteiger partial charge < -0.3 is 14.8 Å². The molecule has 0 bridgehead atoms. The van der Waals surface area contributed by atoms with Gasteiger partial charge in [0.2, 0.25) is 5.91 Å². The van der Waals surface area contributed by atoms with E-state index in [4.69, 9.17) is 0 Å². The molecule has 0 unspecified atom stereocenters. The second kappa shape index (κ2) is 6.46. The first kappa shape index (κ1) is 17.5. The Bertz CT molecular complexity index is 903. The third kappa shape index (κ3) is 2.65. The normalized spacial score (nSPS) is 21.0. The van der Waals surface area contributed by atoms with E-state index >= 15 is 0 Å². The van der Waals surface area contributed by atoms with E-state index < -0.39 is 0 Å². The molecule has 1 saturated carbocycles. The molecule has 2 aliphatic heterocycles. The number of hydrogen-bond acceptors (Lipinski definition) is 4. The minimum absolute atomic E-state index is 0.0276. The number of carbonyl (C=O) groups is 2. The number of piperidine rings is 1. The summed E-state index contributed by atoms with van der Waals surface area (Å²) < 4.78 is 1.77. The van der Waals surface area contributed by atoms with Crippen LogP contribution in [0.1, 0.15) is 54.5 Å². The van der Waals surface area contributed by atoms with Gasteiger partial charge in [0, 0.05) is 50.4 Å². The third-order valence-electron chi connectivity index (χ3n) is 6.52. The molecule has 1 N–H and O–H groups in total. The second-order valence-corrected chi connectivity index (χ2v) is 8.12. The van der Waals surface area contributed by atoms with E-state index in [1.54, 1.807) is 17.1 Å². The topological polar surface area (TPSA) is 87.1 Å². The van der Waals surface area contributed by atoms with Gasteiger partial charge in [-0.25, -0.2) is 4.98 Å². The number of likely N-dealkylation sites (tertiary alicyclic amines) is 1. The first-order valence-electron chi connectivity index (χ1n) is 10.3. The van der Waals surface area contributed by atoms with E-state index in [1.165, 1.54) is 0 Å². The van der Waals surface area contributed by atoms with Crippen molar-refractivity contribution in [3.8, 4) is 0 Å². The molecule has 28 heavy (non-hydrogen) atoms. The number of carbonyl (C=O) groups excluding carboxylic acids is 2. The first-order valence-corrected chi connectivity index (χ1v) is 10.3. The summed E-state index contributed by atoms with van der Waals surface area (Å²) in [6.45, 7) is 4.70. The Morgan fingerprint density at radius 1 is 1.25 bits per heavy atom. The lowest BCUT2D eigenvalue weighted by atomic mass is 9.78. The molecule has 1 saturated heterocycles. The van der Waals surface area contributed by atoms with Gasteiger partial charge in [0.25, 0.3) is 5.91 Å². The van der Waals surface area contributed by atoms with Gasteiger partial charge in [-0.15, -0.1) is 0 Å². The van der Waals surface area contributed by atoms with Gasteiger partial charge >= 0.3 is 0 Å². The van der Waals surface area contributed by atoms with Crippen LogP contribution in [0.15, 0.2) is 18.6 Å². The summed E-state index contributed by atoms with van der Waals surface area (Å²) in [5.74, 6) is 0.435. The fourth-order valence-electron chi connectivity index (χ4n) is 4.75. The standard InChI is InChI=1S/C20H26N6O2/c1-2-25-9-5-16(23-25)19(28)24-11-7-20(8-12-24)17-15(21-13-22-17)6-10-26(20)18(27)14-3-4-14/h5,9,13-14H,2-4,6-8,10-12H2,1H3,(H,21,22). The summed E-state index contributed by atoms with van der Waals surface area (Å²) in [5, 5.41) is 4.35. The summed E-state index contributed by atoms with van der Waals surface area (Å²) >= 11 is 0. The van der Waals surface area contributed by atoms with Crippen LogP contribution >= 0.6 is 0 Å². The smallest absolute Gasteiger partial charge is 0.274 e. The third-order valence-corrected chi connectivity index (χ3v) is 6.52. The highest BCUT2D eigenvalue weighted by molar-refractivity contribution is 5.92. The van der Waals surface area contributed by atoms with Crippen LogP contribution in [0, 0.1) is 5.92 Å². The van der Waals surface area contributed by atoms with Crippen LogP contribution in [0.25, 0.3) is 0 Å². The zero-order valence-corrected chi connectivity index (χ0v) is 16.2. The fourth-order valence-corrected chi connectivity index (χ4v) is 4.75. The van der Waals surface area contributed by atoms with E-state index in [9.17, 15) is 9.59 Å². The lowest BCUT2D eigenvalue weighted by Gasteiger charge is -2.50. The van der Waals surface area contributed by atoms with Crippen LogP contribution in [0.5, 0.6) is 0 Å². The number of aryl methyl sites for hydroxylation is 1. The van der Waals surface area contributed by atoms with Gasteiger partial charge in [0.15, 0.2) is 0 Å². The van der Waals surface area contributed by atoms with Gasteiger partial charge in [-0.2, -0.15) is 5.10 Å². The molecule has 5 rings (SSSR count).